The number of rotatable bonds is 1. The van der Waals surface area contributed by atoms with Crippen molar-refractivity contribution in [2.24, 2.45) is 0 Å². The number of carbonyl (C=O) groups excluding carboxylic acids is 1. The molecule has 4 nitrogen and oxygen atoms in total. The number of ether oxygens (including phenoxy) is 1. The van der Waals surface area contributed by atoms with Crippen LogP contribution in [0.5, 0.6) is 0 Å². The lowest BCUT2D eigenvalue weighted by atomic mass is 10.3. The van der Waals surface area contributed by atoms with E-state index in [1.165, 1.54) is 29.8 Å². The van der Waals surface area contributed by atoms with Gasteiger partial charge in [-0.2, -0.15) is 0 Å². The Hall–Kier alpha value is -1.14. The van der Waals surface area contributed by atoms with Gasteiger partial charge in [-0.25, -0.2) is 9.78 Å². The highest BCUT2D eigenvalue weighted by Gasteiger charge is 2.15. The molecule has 0 saturated heterocycles. The van der Waals surface area contributed by atoms with Gasteiger partial charge in [0.15, 0.2) is 5.13 Å². The van der Waals surface area contributed by atoms with E-state index < -0.39 is 0 Å². The lowest BCUT2D eigenvalue weighted by molar-refractivity contribution is 0.0603. The van der Waals surface area contributed by atoms with Gasteiger partial charge in [0.25, 0.3) is 0 Å². The van der Waals surface area contributed by atoms with E-state index in [-0.39, 0.29) is 5.97 Å². The third kappa shape index (κ3) is 1.27. The molecule has 0 spiro atoms. The van der Waals surface area contributed by atoms with Crippen molar-refractivity contribution in [1.82, 2.24) is 4.98 Å². The Kier molecular flexibility index (Phi) is 1.93. The fraction of sp³-hybridized carbons (Fsp3) is 0.143. The van der Waals surface area contributed by atoms with Gasteiger partial charge < -0.3 is 10.5 Å². The Morgan fingerprint density at radius 3 is 3.15 bits per heavy atom. The SMILES string of the molecule is COC(=O)c1csc2sc(N)nc12. The van der Waals surface area contributed by atoms with Crippen molar-refractivity contribution in [3.63, 3.8) is 0 Å². The summed E-state index contributed by atoms with van der Waals surface area (Å²) < 4.78 is 5.56. The molecule has 0 aliphatic carbocycles. The first-order valence-electron chi connectivity index (χ1n) is 3.44. The van der Waals surface area contributed by atoms with E-state index in [1.807, 2.05) is 0 Å². The molecule has 0 fully saturated rings. The highest BCUT2D eigenvalue weighted by Crippen LogP contribution is 2.32. The molecule has 68 valence electrons. The highest BCUT2D eigenvalue weighted by atomic mass is 32.2. The van der Waals surface area contributed by atoms with Gasteiger partial charge in [0.1, 0.15) is 9.53 Å². The van der Waals surface area contributed by atoms with Crippen LogP contribution in [-0.2, 0) is 4.74 Å². The van der Waals surface area contributed by atoms with Gasteiger partial charge in [-0.05, 0) is 0 Å². The number of fused-ring (bicyclic) bond motifs is 1. The number of thiazole rings is 1. The summed E-state index contributed by atoms with van der Waals surface area (Å²) in [4.78, 5) is 15.3. The van der Waals surface area contributed by atoms with Crippen LogP contribution in [0.3, 0.4) is 0 Å². The van der Waals surface area contributed by atoms with Gasteiger partial charge in [0.05, 0.1) is 12.7 Å². The Bertz CT molecular complexity index is 460. The van der Waals surface area contributed by atoms with E-state index in [4.69, 9.17) is 5.73 Å². The van der Waals surface area contributed by atoms with E-state index in [0.717, 1.165) is 4.01 Å². The molecule has 0 aromatic carbocycles. The quantitative estimate of drug-likeness (QED) is 0.734. The fourth-order valence-electron chi connectivity index (χ4n) is 0.995. The summed E-state index contributed by atoms with van der Waals surface area (Å²) in [5, 5.41) is 2.21. The molecule has 2 heterocycles. The summed E-state index contributed by atoms with van der Waals surface area (Å²) in [6, 6.07) is 0. The molecule has 2 rings (SSSR count). The van der Waals surface area contributed by atoms with Gasteiger partial charge >= 0.3 is 5.97 Å². The third-order valence-corrected chi connectivity index (χ3v) is 3.54. The molecule has 13 heavy (non-hydrogen) atoms. The standard InChI is InChI=1S/C7H6N2O2S2/c1-11-5(10)3-2-12-6-4(3)9-7(8)13-6/h2H,1H3,(H2,8,9). The lowest BCUT2D eigenvalue weighted by Gasteiger charge is -1.92. The number of hydrogen-bond acceptors (Lipinski definition) is 6. The molecule has 2 N–H and O–H groups in total. The first-order valence-corrected chi connectivity index (χ1v) is 5.14. The first-order chi connectivity index (χ1) is 6.22. The van der Waals surface area contributed by atoms with E-state index >= 15 is 0 Å². The van der Waals surface area contributed by atoms with Gasteiger partial charge in [0, 0.05) is 5.38 Å². The molecule has 0 amide bonds. The van der Waals surface area contributed by atoms with Crippen LogP contribution in [-0.4, -0.2) is 18.1 Å². The minimum atomic E-state index is -0.364. The lowest BCUT2D eigenvalue weighted by Crippen LogP contribution is -1.99. The number of aromatic nitrogens is 1. The average molecular weight is 214 g/mol. The maximum Gasteiger partial charge on any atom is 0.340 e. The molecule has 6 heteroatoms. The zero-order valence-electron chi connectivity index (χ0n) is 6.73. The van der Waals surface area contributed by atoms with E-state index in [1.54, 1.807) is 5.38 Å². The fourth-order valence-corrected chi connectivity index (χ4v) is 2.87. The molecule has 0 saturated carbocycles. The summed E-state index contributed by atoms with van der Waals surface area (Å²) in [7, 11) is 1.35. The highest BCUT2D eigenvalue weighted by molar-refractivity contribution is 7.39. The van der Waals surface area contributed by atoms with E-state index in [0.29, 0.717) is 16.2 Å². The van der Waals surface area contributed by atoms with Crippen LogP contribution in [0.1, 0.15) is 10.4 Å². The number of nitrogen functional groups attached to an aromatic ring is 1. The molecule has 2 aromatic heterocycles. The summed E-state index contributed by atoms with van der Waals surface area (Å²) in [6.45, 7) is 0. The predicted molar refractivity (Wildman–Crippen MR) is 53.2 cm³/mol. The Labute approximate surface area is 82.0 Å². The number of hydrogen-bond donors (Lipinski definition) is 1. The minimum absolute atomic E-state index is 0.364. The molecule has 0 radical (unpaired) electrons. The van der Waals surface area contributed by atoms with Crippen molar-refractivity contribution in [3.05, 3.63) is 10.9 Å². The number of methoxy groups -OCH3 is 1. The first kappa shape index (κ1) is 8.46. The van der Waals surface area contributed by atoms with Crippen molar-refractivity contribution in [2.75, 3.05) is 12.8 Å². The summed E-state index contributed by atoms with van der Waals surface area (Å²) in [5.74, 6) is -0.364. The second-order valence-corrected chi connectivity index (χ2v) is 4.50. The average Bonchev–Trinajstić information content (AvgIpc) is 2.61. The van der Waals surface area contributed by atoms with Crippen molar-refractivity contribution >= 4 is 43.3 Å². The van der Waals surface area contributed by atoms with Crippen molar-refractivity contribution in [1.29, 1.82) is 0 Å². The smallest absolute Gasteiger partial charge is 0.340 e. The number of esters is 1. The van der Waals surface area contributed by atoms with Gasteiger partial charge in [-0.1, -0.05) is 11.3 Å². The normalized spacial score (nSPS) is 10.5. The number of anilines is 1. The van der Waals surface area contributed by atoms with Gasteiger partial charge in [-0.3, -0.25) is 0 Å². The Morgan fingerprint density at radius 2 is 2.46 bits per heavy atom. The van der Waals surface area contributed by atoms with Gasteiger partial charge in [0.2, 0.25) is 0 Å². The number of carbonyl (C=O) groups is 1. The molecule has 2 aromatic rings. The summed E-state index contributed by atoms with van der Waals surface area (Å²) in [6.07, 6.45) is 0. The van der Waals surface area contributed by atoms with Crippen LogP contribution in [0.4, 0.5) is 5.13 Å². The second kappa shape index (κ2) is 2.97. The van der Waals surface area contributed by atoms with Gasteiger partial charge in [-0.15, -0.1) is 11.3 Å². The summed E-state index contributed by atoms with van der Waals surface area (Å²) >= 11 is 2.83. The molecule has 0 bridgehead atoms. The maximum absolute atomic E-state index is 11.2. The maximum atomic E-state index is 11.2. The van der Waals surface area contributed by atoms with Crippen molar-refractivity contribution in [2.45, 2.75) is 0 Å². The molecule has 0 atom stereocenters. The van der Waals surface area contributed by atoms with Crippen molar-refractivity contribution < 1.29 is 9.53 Å². The topological polar surface area (TPSA) is 65.2 Å². The van der Waals surface area contributed by atoms with Crippen LogP contribution in [0.25, 0.3) is 9.53 Å². The predicted octanol–water partition coefficient (Wildman–Crippen LogP) is 1.73. The van der Waals surface area contributed by atoms with Crippen molar-refractivity contribution in [3.8, 4) is 0 Å². The molecular weight excluding hydrogens is 208 g/mol. The Balaban J connectivity index is 2.62. The largest absolute Gasteiger partial charge is 0.465 e. The molecule has 0 unspecified atom stereocenters. The third-order valence-electron chi connectivity index (χ3n) is 1.56. The number of thiophene rings is 1. The molecule has 0 aliphatic heterocycles. The number of nitrogens with zero attached hydrogens (tertiary/aromatic N) is 1. The second-order valence-electron chi connectivity index (χ2n) is 2.33. The minimum Gasteiger partial charge on any atom is -0.465 e. The van der Waals surface area contributed by atoms with Crippen LogP contribution < -0.4 is 5.73 Å². The Morgan fingerprint density at radius 1 is 1.69 bits per heavy atom. The van der Waals surface area contributed by atoms with Crippen LogP contribution >= 0.6 is 22.7 Å². The van der Waals surface area contributed by atoms with E-state index in [9.17, 15) is 4.79 Å². The zero-order valence-corrected chi connectivity index (χ0v) is 8.37. The van der Waals surface area contributed by atoms with Crippen LogP contribution in [0.2, 0.25) is 0 Å². The molecule has 0 aliphatic rings. The van der Waals surface area contributed by atoms with Crippen LogP contribution in [0.15, 0.2) is 5.38 Å². The molecular formula is C7H6N2O2S2. The number of nitrogens with two attached hydrogens (primary N) is 1. The van der Waals surface area contributed by atoms with Crippen LogP contribution in [0, 0.1) is 0 Å². The zero-order chi connectivity index (χ0) is 9.42. The summed E-state index contributed by atoms with van der Waals surface area (Å²) in [5.41, 5.74) is 6.66. The van der Waals surface area contributed by atoms with E-state index in [2.05, 4.69) is 9.72 Å². The monoisotopic (exact) mass is 214 g/mol.